The molecule has 0 atom stereocenters. The van der Waals surface area contributed by atoms with Gasteiger partial charge in [0.15, 0.2) is 0 Å². The molecule has 1 heterocycles. The number of amides is 1. The van der Waals surface area contributed by atoms with Gasteiger partial charge in [-0.2, -0.15) is 5.10 Å². The summed E-state index contributed by atoms with van der Waals surface area (Å²) in [5.74, 6) is -0.227. The van der Waals surface area contributed by atoms with Crippen molar-refractivity contribution in [1.29, 1.82) is 0 Å². The maximum absolute atomic E-state index is 12.3. The number of rotatable bonds is 5. The average molecular weight is 423 g/mol. The number of nitrogens with one attached hydrogen (secondary N) is 1. The Labute approximate surface area is 176 Å². The summed E-state index contributed by atoms with van der Waals surface area (Å²) in [6.07, 6.45) is 1.66. The Morgan fingerprint density at radius 3 is 2.57 bits per heavy atom. The molecule has 0 aliphatic carbocycles. The van der Waals surface area contributed by atoms with Crippen LogP contribution in [0.5, 0.6) is 0 Å². The van der Waals surface area contributed by atoms with E-state index in [0.717, 1.165) is 29.8 Å². The number of hydrogen-bond acceptors (Lipinski definition) is 4. The number of carbonyl (C=O) groups is 1. The lowest BCUT2D eigenvalue weighted by atomic mass is 10.1. The van der Waals surface area contributed by atoms with Crippen LogP contribution < -0.4 is 5.43 Å². The van der Waals surface area contributed by atoms with Crippen LogP contribution in [-0.4, -0.2) is 12.1 Å². The van der Waals surface area contributed by atoms with Crippen LogP contribution in [0, 0.1) is 0 Å². The Bertz CT molecular complexity index is 1150. The van der Waals surface area contributed by atoms with Crippen LogP contribution in [0.2, 0.25) is 5.02 Å². The molecule has 3 aromatic carbocycles. The number of nitrogens with zero attached hydrogens (tertiary/aromatic N) is 1. The van der Waals surface area contributed by atoms with Crippen molar-refractivity contribution >= 4 is 57.6 Å². The van der Waals surface area contributed by atoms with E-state index in [1.807, 2.05) is 72.8 Å². The van der Waals surface area contributed by atoms with E-state index in [9.17, 15) is 4.79 Å². The molecule has 28 heavy (non-hydrogen) atoms. The molecular formula is C22H15ClN2OS2. The minimum Gasteiger partial charge on any atom is -0.267 e. The monoisotopic (exact) mass is 422 g/mol. The van der Waals surface area contributed by atoms with Gasteiger partial charge in [0.1, 0.15) is 0 Å². The second-order valence-electron chi connectivity index (χ2n) is 5.97. The zero-order valence-corrected chi connectivity index (χ0v) is 17.0. The van der Waals surface area contributed by atoms with Crippen molar-refractivity contribution in [3.63, 3.8) is 0 Å². The summed E-state index contributed by atoms with van der Waals surface area (Å²) in [7, 11) is 0. The highest BCUT2D eigenvalue weighted by Crippen LogP contribution is 2.33. The lowest BCUT2D eigenvalue weighted by Crippen LogP contribution is -2.17. The number of hydrogen-bond donors (Lipinski definition) is 1. The van der Waals surface area contributed by atoms with Crippen LogP contribution in [0.3, 0.4) is 0 Å². The number of halogens is 1. The predicted molar refractivity (Wildman–Crippen MR) is 119 cm³/mol. The maximum atomic E-state index is 12.3. The van der Waals surface area contributed by atoms with Crippen LogP contribution in [-0.2, 0) is 0 Å². The molecule has 0 spiro atoms. The van der Waals surface area contributed by atoms with Gasteiger partial charge in [-0.15, -0.1) is 11.3 Å². The van der Waals surface area contributed by atoms with Crippen LogP contribution >= 0.6 is 34.7 Å². The molecule has 0 aliphatic rings. The van der Waals surface area contributed by atoms with E-state index in [1.165, 1.54) is 0 Å². The Balaban J connectivity index is 1.38. The van der Waals surface area contributed by atoms with E-state index in [2.05, 4.69) is 10.5 Å². The van der Waals surface area contributed by atoms with Crippen molar-refractivity contribution in [2.75, 3.05) is 0 Å². The first-order chi connectivity index (χ1) is 13.7. The maximum Gasteiger partial charge on any atom is 0.271 e. The third kappa shape index (κ3) is 4.62. The Morgan fingerprint density at radius 2 is 1.75 bits per heavy atom. The third-order valence-corrected chi connectivity index (χ3v) is 6.42. The molecule has 1 amide bonds. The van der Waals surface area contributed by atoms with Gasteiger partial charge < -0.3 is 0 Å². The van der Waals surface area contributed by atoms with Crippen LogP contribution in [0.25, 0.3) is 10.8 Å². The first-order valence-electron chi connectivity index (χ1n) is 8.53. The summed E-state index contributed by atoms with van der Waals surface area (Å²) in [6.45, 7) is 0. The first kappa shape index (κ1) is 18.7. The van der Waals surface area contributed by atoms with Gasteiger partial charge in [-0.25, -0.2) is 5.43 Å². The van der Waals surface area contributed by atoms with E-state index in [4.69, 9.17) is 11.6 Å². The van der Waals surface area contributed by atoms with Gasteiger partial charge in [-0.05, 0) is 59.3 Å². The van der Waals surface area contributed by atoms with Crippen molar-refractivity contribution in [1.82, 2.24) is 5.43 Å². The standard InChI is InChI=1S/C22H15ClN2OS2/c23-18-7-9-19(10-8-18)27-21-12-11-20(28-21)14-24-25-22(26)17-6-5-15-3-1-2-4-16(15)13-17/h1-14H,(H,25,26)/b24-14-. The van der Waals surface area contributed by atoms with Gasteiger partial charge in [-0.3, -0.25) is 4.79 Å². The highest BCUT2D eigenvalue weighted by Gasteiger charge is 2.05. The molecule has 1 aromatic heterocycles. The van der Waals surface area contributed by atoms with Crippen LogP contribution in [0.4, 0.5) is 0 Å². The molecule has 0 radical (unpaired) electrons. The molecule has 138 valence electrons. The van der Waals surface area contributed by atoms with Crippen LogP contribution in [0.1, 0.15) is 15.2 Å². The fourth-order valence-corrected chi connectivity index (χ4v) is 4.75. The number of carbonyl (C=O) groups excluding carboxylic acids is 1. The average Bonchev–Trinajstić information content (AvgIpc) is 3.16. The van der Waals surface area contributed by atoms with Gasteiger partial charge in [0.25, 0.3) is 5.91 Å². The van der Waals surface area contributed by atoms with Crippen molar-refractivity contribution in [3.05, 3.63) is 94.3 Å². The zero-order chi connectivity index (χ0) is 19.3. The van der Waals surface area contributed by atoms with Crippen LogP contribution in [0.15, 0.2) is 93.1 Å². The fraction of sp³-hybridized carbons (Fsp3) is 0. The molecule has 0 bridgehead atoms. The third-order valence-electron chi connectivity index (χ3n) is 4.00. The van der Waals surface area contributed by atoms with Gasteiger partial charge in [0.05, 0.1) is 10.4 Å². The molecule has 0 saturated carbocycles. The highest BCUT2D eigenvalue weighted by atomic mass is 35.5. The minimum absolute atomic E-state index is 0.227. The Hall–Kier alpha value is -2.60. The Kier molecular flexibility index (Phi) is 5.76. The molecule has 0 aliphatic heterocycles. The summed E-state index contributed by atoms with van der Waals surface area (Å²) in [5.41, 5.74) is 3.18. The number of fused-ring (bicyclic) bond motifs is 1. The largest absolute Gasteiger partial charge is 0.271 e. The lowest BCUT2D eigenvalue weighted by Gasteiger charge is -2.02. The molecule has 0 fully saturated rings. The lowest BCUT2D eigenvalue weighted by molar-refractivity contribution is 0.0955. The van der Waals surface area contributed by atoms with E-state index in [1.54, 1.807) is 35.4 Å². The summed E-state index contributed by atoms with van der Waals surface area (Å²) in [5, 5.41) is 6.95. The molecular weight excluding hydrogens is 408 g/mol. The molecule has 4 aromatic rings. The summed E-state index contributed by atoms with van der Waals surface area (Å²) in [6, 6.07) is 25.3. The summed E-state index contributed by atoms with van der Waals surface area (Å²) in [4.78, 5) is 14.4. The number of thiophene rings is 1. The fourth-order valence-electron chi connectivity index (χ4n) is 2.63. The molecule has 0 unspecified atom stereocenters. The van der Waals surface area contributed by atoms with Gasteiger partial charge in [0.2, 0.25) is 0 Å². The quantitative estimate of drug-likeness (QED) is 0.296. The second-order valence-corrected chi connectivity index (χ2v) is 8.90. The predicted octanol–water partition coefficient (Wildman–Crippen LogP) is 6.47. The normalized spacial score (nSPS) is 11.2. The highest BCUT2D eigenvalue weighted by molar-refractivity contribution is 8.01. The number of benzene rings is 3. The van der Waals surface area contributed by atoms with Gasteiger partial charge in [-0.1, -0.05) is 53.7 Å². The molecule has 6 heteroatoms. The minimum atomic E-state index is -0.227. The summed E-state index contributed by atoms with van der Waals surface area (Å²) >= 11 is 9.19. The first-order valence-corrected chi connectivity index (χ1v) is 10.5. The Morgan fingerprint density at radius 1 is 0.964 bits per heavy atom. The molecule has 1 N–H and O–H groups in total. The second kappa shape index (κ2) is 8.61. The van der Waals surface area contributed by atoms with Gasteiger partial charge in [0, 0.05) is 20.4 Å². The van der Waals surface area contributed by atoms with E-state index >= 15 is 0 Å². The van der Waals surface area contributed by atoms with Crippen molar-refractivity contribution in [2.45, 2.75) is 9.10 Å². The topological polar surface area (TPSA) is 41.5 Å². The zero-order valence-electron chi connectivity index (χ0n) is 14.6. The van der Waals surface area contributed by atoms with Crippen molar-refractivity contribution in [3.8, 4) is 0 Å². The van der Waals surface area contributed by atoms with E-state index in [0.29, 0.717) is 5.56 Å². The van der Waals surface area contributed by atoms with E-state index in [-0.39, 0.29) is 5.91 Å². The smallest absolute Gasteiger partial charge is 0.267 e. The SMILES string of the molecule is O=C(N/N=C\c1ccc(Sc2ccc(Cl)cc2)s1)c1ccc2ccccc2c1. The molecule has 3 nitrogen and oxygen atoms in total. The molecule has 4 rings (SSSR count). The molecule has 0 saturated heterocycles. The summed E-state index contributed by atoms with van der Waals surface area (Å²) < 4.78 is 1.14. The van der Waals surface area contributed by atoms with Crippen molar-refractivity contribution < 1.29 is 4.79 Å². The van der Waals surface area contributed by atoms with E-state index < -0.39 is 0 Å². The number of hydrazone groups is 1. The van der Waals surface area contributed by atoms with Crippen molar-refractivity contribution in [2.24, 2.45) is 5.10 Å². The van der Waals surface area contributed by atoms with Gasteiger partial charge >= 0.3 is 0 Å².